The van der Waals surface area contributed by atoms with E-state index in [-0.39, 0.29) is 0 Å². The Kier molecular flexibility index (Phi) is 3.69. The molecule has 3 N–H and O–H groups in total. The first-order valence-electron chi connectivity index (χ1n) is 4.63. The van der Waals surface area contributed by atoms with Crippen molar-refractivity contribution in [2.75, 3.05) is 13.1 Å². The van der Waals surface area contributed by atoms with Gasteiger partial charge >= 0.3 is 0 Å². The van der Waals surface area contributed by atoms with Crippen molar-refractivity contribution in [1.29, 1.82) is 0 Å². The second-order valence-corrected chi connectivity index (χ2v) is 3.97. The van der Waals surface area contributed by atoms with Crippen LogP contribution in [-0.4, -0.2) is 28.9 Å². The predicted molar refractivity (Wildman–Crippen MR) is 52.8 cm³/mol. The molecule has 80 valence electrons. The standard InChI is InChI=1S/C10H17NO3/c1-10(2,13)7-11-6-8(12)9-4-3-5-14-9/h3-5,8,11-13H,6-7H2,1-2H3. The molecule has 0 amide bonds. The van der Waals surface area contributed by atoms with Crippen molar-refractivity contribution in [3.05, 3.63) is 24.2 Å². The number of aliphatic hydroxyl groups is 2. The number of hydrogen-bond donors (Lipinski definition) is 3. The molecule has 14 heavy (non-hydrogen) atoms. The Morgan fingerprint density at radius 2 is 2.29 bits per heavy atom. The van der Waals surface area contributed by atoms with Crippen molar-refractivity contribution in [3.63, 3.8) is 0 Å². The molecular formula is C10H17NO3. The fourth-order valence-electron chi connectivity index (χ4n) is 1.10. The normalized spacial score (nSPS) is 14.3. The molecule has 0 radical (unpaired) electrons. The van der Waals surface area contributed by atoms with E-state index in [9.17, 15) is 10.2 Å². The summed E-state index contributed by atoms with van der Waals surface area (Å²) in [7, 11) is 0. The number of furan rings is 1. The van der Waals surface area contributed by atoms with Gasteiger partial charge in [-0.2, -0.15) is 0 Å². The first-order chi connectivity index (χ1) is 6.49. The molecule has 0 aliphatic heterocycles. The van der Waals surface area contributed by atoms with E-state index in [1.165, 1.54) is 6.26 Å². The first kappa shape index (κ1) is 11.2. The zero-order chi connectivity index (χ0) is 10.6. The van der Waals surface area contributed by atoms with Crippen LogP contribution in [0.1, 0.15) is 25.7 Å². The van der Waals surface area contributed by atoms with E-state index in [1.807, 2.05) is 0 Å². The third kappa shape index (κ3) is 3.91. The lowest BCUT2D eigenvalue weighted by Crippen LogP contribution is -2.36. The summed E-state index contributed by atoms with van der Waals surface area (Å²) in [6, 6.07) is 3.45. The van der Waals surface area contributed by atoms with Crippen molar-refractivity contribution in [2.45, 2.75) is 25.6 Å². The fourth-order valence-corrected chi connectivity index (χ4v) is 1.10. The van der Waals surface area contributed by atoms with Gasteiger partial charge in [0.25, 0.3) is 0 Å². The van der Waals surface area contributed by atoms with E-state index in [4.69, 9.17) is 4.42 Å². The van der Waals surface area contributed by atoms with Gasteiger partial charge in [-0.3, -0.25) is 0 Å². The summed E-state index contributed by atoms with van der Waals surface area (Å²) in [5.41, 5.74) is -0.761. The van der Waals surface area contributed by atoms with Crippen LogP contribution in [0.2, 0.25) is 0 Å². The van der Waals surface area contributed by atoms with Crippen LogP contribution in [0.3, 0.4) is 0 Å². The van der Waals surface area contributed by atoms with Crippen LogP contribution in [0, 0.1) is 0 Å². The van der Waals surface area contributed by atoms with Crippen LogP contribution in [0.4, 0.5) is 0 Å². The molecule has 1 aromatic rings. The Morgan fingerprint density at radius 1 is 1.57 bits per heavy atom. The Balaban J connectivity index is 2.26. The molecule has 1 atom stereocenters. The van der Waals surface area contributed by atoms with Gasteiger partial charge in [0.15, 0.2) is 0 Å². The molecule has 0 aromatic carbocycles. The summed E-state index contributed by atoms with van der Waals surface area (Å²) in [6.07, 6.45) is 0.862. The van der Waals surface area contributed by atoms with Gasteiger partial charge in [-0.05, 0) is 26.0 Å². The maximum Gasteiger partial charge on any atom is 0.133 e. The van der Waals surface area contributed by atoms with Crippen LogP contribution in [0.5, 0.6) is 0 Å². The van der Waals surface area contributed by atoms with Crippen LogP contribution >= 0.6 is 0 Å². The van der Waals surface area contributed by atoms with Crippen molar-refractivity contribution in [3.8, 4) is 0 Å². The first-order valence-corrected chi connectivity index (χ1v) is 4.63. The molecule has 1 unspecified atom stereocenters. The molecule has 1 rings (SSSR count). The average molecular weight is 199 g/mol. The Bertz CT molecular complexity index is 251. The molecule has 0 spiro atoms. The van der Waals surface area contributed by atoms with Gasteiger partial charge in [0, 0.05) is 13.1 Å². The van der Waals surface area contributed by atoms with Gasteiger partial charge in [0.2, 0.25) is 0 Å². The van der Waals surface area contributed by atoms with Crippen molar-refractivity contribution >= 4 is 0 Å². The molecule has 0 aliphatic carbocycles. The summed E-state index contributed by atoms with van der Waals surface area (Å²) in [6.45, 7) is 4.22. The van der Waals surface area contributed by atoms with Crippen LogP contribution in [0.25, 0.3) is 0 Å². The number of hydrogen-bond acceptors (Lipinski definition) is 4. The lowest BCUT2D eigenvalue weighted by Gasteiger charge is -2.18. The molecule has 0 aliphatic rings. The minimum Gasteiger partial charge on any atom is -0.467 e. The van der Waals surface area contributed by atoms with E-state index in [1.54, 1.807) is 26.0 Å². The molecule has 0 fully saturated rings. The summed E-state index contributed by atoms with van der Waals surface area (Å²) in [5.74, 6) is 0.535. The smallest absolute Gasteiger partial charge is 0.133 e. The monoisotopic (exact) mass is 199 g/mol. The summed E-state index contributed by atoms with van der Waals surface area (Å²) in [4.78, 5) is 0. The number of aliphatic hydroxyl groups excluding tert-OH is 1. The third-order valence-electron chi connectivity index (χ3n) is 1.77. The Labute approximate surface area is 83.6 Å². The van der Waals surface area contributed by atoms with Gasteiger partial charge in [-0.15, -0.1) is 0 Å². The molecule has 0 bridgehead atoms. The molecule has 1 aromatic heterocycles. The minimum absolute atomic E-state index is 0.373. The summed E-state index contributed by atoms with van der Waals surface area (Å²) in [5, 5.41) is 21.9. The largest absolute Gasteiger partial charge is 0.467 e. The zero-order valence-corrected chi connectivity index (χ0v) is 8.53. The second kappa shape index (κ2) is 4.59. The minimum atomic E-state index is -0.761. The third-order valence-corrected chi connectivity index (χ3v) is 1.77. The van der Waals surface area contributed by atoms with Gasteiger partial charge in [-0.1, -0.05) is 0 Å². The Hall–Kier alpha value is -0.840. The topological polar surface area (TPSA) is 65.6 Å². The van der Waals surface area contributed by atoms with E-state index < -0.39 is 11.7 Å². The SMILES string of the molecule is CC(C)(O)CNCC(O)c1ccco1. The summed E-state index contributed by atoms with van der Waals surface area (Å²) < 4.78 is 5.03. The summed E-state index contributed by atoms with van der Waals surface area (Å²) >= 11 is 0. The molecule has 0 saturated carbocycles. The van der Waals surface area contributed by atoms with E-state index >= 15 is 0 Å². The maximum atomic E-state index is 9.57. The van der Waals surface area contributed by atoms with Gasteiger partial charge < -0.3 is 19.9 Å². The number of nitrogens with one attached hydrogen (secondary N) is 1. The maximum absolute atomic E-state index is 9.57. The van der Waals surface area contributed by atoms with Gasteiger partial charge in [-0.25, -0.2) is 0 Å². The lowest BCUT2D eigenvalue weighted by atomic mass is 10.1. The highest BCUT2D eigenvalue weighted by Crippen LogP contribution is 2.11. The van der Waals surface area contributed by atoms with Crippen LogP contribution < -0.4 is 5.32 Å². The van der Waals surface area contributed by atoms with Crippen molar-refractivity contribution in [2.24, 2.45) is 0 Å². The quantitative estimate of drug-likeness (QED) is 0.652. The van der Waals surface area contributed by atoms with E-state index in [2.05, 4.69) is 5.32 Å². The zero-order valence-electron chi connectivity index (χ0n) is 8.53. The van der Waals surface area contributed by atoms with Gasteiger partial charge in [0.05, 0.1) is 11.9 Å². The molecular weight excluding hydrogens is 182 g/mol. The van der Waals surface area contributed by atoms with E-state index in [0.29, 0.717) is 18.8 Å². The second-order valence-electron chi connectivity index (χ2n) is 3.97. The van der Waals surface area contributed by atoms with Crippen molar-refractivity contribution < 1.29 is 14.6 Å². The van der Waals surface area contributed by atoms with Gasteiger partial charge in [0.1, 0.15) is 11.9 Å². The molecule has 4 heteroatoms. The fraction of sp³-hybridized carbons (Fsp3) is 0.600. The number of rotatable bonds is 5. The lowest BCUT2D eigenvalue weighted by molar-refractivity contribution is 0.0718. The molecule has 0 saturated heterocycles. The van der Waals surface area contributed by atoms with Crippen LogP contribution in [0.15, 0.2) is 22.8 Å². The highest BCUT2D eigenvalue weighted by atomic mass is 16.4. The highest BCUT2D eigenvalue weighted by Gasteiger charge is 2.14. The average Bonchev–Trinajstić information content (AvgIpc) is 2.53. The van der Waals surface area contributed by atoms with Crippen LogP contribution in [-0.2, 0) is 0 Å². The molecule has 4 nitrogen and oxygen atoms in total. The van der Waals surface area contributed by atoms with E-state index in [0.717, 1.165) is 0 Å². The van der Waals surface area contributed by atoms with Crippen molar-refractivity contribution in [1.82, 2.24) is 5.32 Å². The predicted octanol–water partition coefficient (Wildman–Crippen LogP) is 0.673. The molecule has 1 heterocycles. The Morgan fingerprint density at radius 3 is 2.79 bits per heavy atom. The highest BCUT2D eigenvalue weighted by molar-refractivity contribution is 5.02.